The number of rotatable bonds is 4. The van der Waals surface area contributed by atoms with Crippen LogP contribution in [-0.2, 0) is 6.54 Å². The van der Waals surface area contributed by atoms with E-state index in [0.717, 1.165) is 57.6 Å². The molecule has 0 radical (unpaired) electrons. The Morgan fingerprint density at radius 2 is 1.77 bits per heavy atom. The van der Waals surface area contributed by atoms with Gasteiger partial charge in [0.15, 0.2) is 5.96 Å². The minimum absolute atomic E-state index is 0.771. The van der Waals surface area contributed by atoms with E-state index < -0.39 is 0 Å². The molecular formula is C24H34N6. The van der Waals surface area contributed by atoms with E-state index in [1.165, 1.54) is 35.2 Å². The van der Waals surface area contributed by atoms with Crippen molar-refractivity contribution < 1.29 is 0 Å². The second kappa shape index (κ2) is 9.37. The maximum absolute atomic E-state index is 4.56. The first-order chi connectivity index (χ1) is 14.7. The lowest BCUT2D eigenvalue weighted by Crippen LogP contribution is -2.52. The molecule has 0 spiro atoms. The number of anilines is 2. The fourth-order valence-electron chi connectivity index (χ4n) is 4.44. The minimum Gasteiger partial charge on any atom is -0.368 e. The number of pyridine rings is 1. The molecule has 2 fully saturated rings. The van der Waals surface area contributed by atoms with Gasteiger partial charge >= 0.3 is 0 Å². The molecule has 0 amide bonds. The third-order valence-electron chi connectivity index (χ3n) is 6.40. The summed E-state index contributed by atoms with van der Waals surface area (Å²) in [4.78, 5) is 16.3. The van der Waals surface area contributed by atoms with Crippen molar-refractivity contribution in [3.63, 3.8) is 0 Å². The fourth-order valence-corrected chi connectivity index (χ4v) is 4.44. The Hall–Kier alpha value is -2.76. The molecule has 1 aromatic carbocycles. The van der Waals surface area contributed by atoms with Crippen LogP contribution in [0.5, 0.6) is 0 Å². The Labute approximate surface area is 180 Å². The minimum atomic E-state index is 0.771. The second-order valence-corrected chi connectivity index (χ2v) is 8.31. The molecule has 4 rings (SSSR count). The van der Waals surface area contributed by atoms with Gasteiger partial charge in [-0.1, -0.05) is 12.1 Å². The maximum Gasteiger partial charge on any atom is 0.194 e. The number of nitrogens with zero attached hydrogens (tertiary/aromatic N) is 5. The number of aromatic nitrogens is 1. The second-order valence-electron chi connectivity index (χ2n) is 8.31. The highest BCUT2D eigenvalue weighted by molar-refractivity contribution is 5.80. The Kier molecular flexibility index (Phi) is 6.41. The monoisotopic (exact) mass is 406 g/mol. The van der Waals surface area contributed by atoms with Gasteiger partial charge in [-0.15, -0.1) is 0 Å². The van der Waals surface area contributed by atoms with Crippen LogP contribution in [0.2, 0.25) is 0 Å². The highest BCUT2D eigenvalue weighted by Gasteiger charge is 2.21. The summed E-state index contributed by atoms with van der Waals surface area (Å²) in [5.74, 6) is 2.08. The van der Waals surface area contributed by atoms with Crippen LogP contribution in [-0.4, -0.2) is 62.2 Å². The van der Waals surface area contributed by atoms with Gasteiger partial charge < -0.3 is 20.0 Å². The van der Waals surface area contributed by atoms with Crippen molar-refractivity contribution in [2.24, 2.45) is 4.99 Å². The van der Waals surface area contributed by atoms with Crippen molar-refractivity contribution in [1.82, 2.24) is 15.2 Å². The maximum atomic E-state index is 4.56. The number of benzene rings is 1. The number of hydrogen-bond acceptors (Lipinski definition) is 4. The molecule has 6 heteroatoms. The van der Waals surface area contributed by atoms with Crippen molar-refractivity contribution in [2.75, 3.05) is 56.1 Å². The van der Waals surface area contributed by atoms with Gasteiger partial charge in [-0.2, -0.15) is 0 Å². The molecule has 0 atom stereocenters. The van der Waals surface area contributed by atoms with Gasteiger partial charge in [0, 0.05) is 64.7 Å². The summed E-state index contributed by atoms with van der Waals surface area (Å²) in [7, 11) is 1.88. The Morgan fingerprint density at radius 3 is 2.50 bits per heavy atom. The molecule has 2 aromatic rings. The summed E-state index contributed by atoms with van der Waals surface area (Å²) in [5, 5.41) is 3.56. The van der Waals surface area contributed by atoms with Crippen LogP contribution in [0.4, 0.5) is 11.5 Å². The van der Waals surface area contributed by atoms with Gasteiger partial charge in [-0.25, -0.2) is 4.98 Å². The Bertz CT molecular complexity index is 879. The molecule has 2 aliphatic heterocycles. The molecule has 0 aliphatic carbocycles. The third kappa shape index (κ3) is 4.53. The molecule has 1 aromatic heterocycles. The van der Waals surface area contributed by atoms with Crippen molar-refractivity contribution in [3.05, 3.63) is 53.2 Å². The Morgan fingerprint density at radius 1 is 1.00 bits per heavy atom. The molecule has 160 valence electrons. The Balaban J connectivity index is 1.33. The van der Waals surface area contributed by atoms with Crippen LogP contribution >= 0.6 is 0 Å². The summed E-state index contributed by atoms with van der Waals surface area (Å²) in [5.41, 5.74) is 5.36. The molecule has 0 unspecified atom stereocenters. The lowest BCUT2D eigenvalue weighted by Gasteiger charge is -2.38. The quantitative estimate of drug-likeness (QED) is 0.624. The van der Waals surface area contributed by atoms with E-state index >= 15 is 0 Å². The molecule has 2 aliphatic rings. The summed E-state index contributed by atoms with van der Waals surface area (Å²) >= 11 is 0. The summed E-state index contributed by atoms with van der Waals surface area (Å²) in [6.07, 6.45) is 4.46. The smallest absolute Gasteiger partial charge is 0.194 e. The van der Waals surface area contributed by atoms with Gasteiger partial charge in [0.1, 0.15) is 5.82 Å². The highest BCUT2D eigenvalue weighted by atomic mass is 15.3. The molecule has 2 saturated heterocycles. The van der Waals surface area contributed by atoms with Crippen molar-refractivity contribution in [1.29, 1.82) is 0 Å². The van der Waals surface area contributed by atoms with E-state index in [-0.39, 0.29) is 0 Å². The normalized spacial score (nSPS) is 17.6. The largest absolute Gasteiger partial charge is 0.368 e. The molecule has 6 nitrogen and oxygen atoms in total. The van der Waals surface area contributed by atoms with Crippen LogP contribution in [0.3, 0.4) is 0 Å². The lowest BCUT2D eigenvalue weighted by molar-refractivity contribution is 0.372. The molecule has 3 heterocycles. The molecule has 30 heavy (non-hydrogen) atoms. The predicted molar refractivity (Wildman–Crippen MR) is 126 cm³/mol. The third-order valence-corrected chi connectivity index (χ3v) is 6.40. The van der Waals surface area contributed by atoms with Gasteiger partial charge in [0.2, 0.25) is 0 Å². The van der Waals surface area contributed by atoms with E-state index in [4.69, 9.17) is 0 Å². The fraction of sp³-hybridized carbons (Fsp3) is 0.500. The van der Waals surface area contributed by atoms with Crippen molar-refractivity contribution in [2.45, 2.75) is 33.2 Å². The highest BCUT2D eigenvalue weighted by Crippen LogP contribution is 2.24. The topological polar surface area (TPSA) is 47.0 Å². The number of guanidine groups is 1. The van der Waals surface area contributed by atoms with E-state index in [2.05, 4.69) is 74.2 Å². The van der Waals surface area contributed by atoms with E-state index in [9.17, 15) is 0 Å². The molecule has 1 N–H and O–H groups in total. The van der Waals surface area contributed by atoms with E-state index in [1.54, 1.807) is 0 Å². The van der Waals surface area contributed by atoms with Gasteiger partial charge in [0.05, 0.1) is 0 Å². The SMILES string of the molecule is CN=C(NCc1ccnc(N2CCCC2)c1)N1CCN(c2cccc(C)c2C)CC1. The number of nitrogens with one attached hydrogen (secondary N) is 1. The standard InChI is InChI=1S/C24H34N6/c1-19-7-6-8-22(20(19)2)28-13-15-30(16-14-28)24(25-3)27-18-21-9-10-26-23(17-21)29-11-4-5-12-29/h6-10,17H,4-5,11-16,18H2,1-3H3,(H,25,27). The van der Waals surface area contributed by atoms with E-state index in [0.29, 0.717) is 0 Å². The molecule has 0 bridgehead atoms. The first kappa shape index (κ1) is 20.5. The zero-order chi connectivity index (χ0) is 20.9. The predicted octanol–water partition coefficient (Wildman–Crippen LogP) is 3.20. The van der Waals surface area contributed by atoms with E-state index in [1.807, 2.05) is 13.2 Å². The average molecular weight is 407 g/mol. The lowest BCUT2D eigenvalue weighted by atomic mass is 10.1. The summed E-state index contributed by atoms with van der Waals surface area (Å²) in [6.45, 7) is 11.4. The van der Waals surface area contributed by atoms with Crippen LogP contribution in [0.1, 0.15) is 29.5 Å². The number of aryl methyl sites for hydroxylation is 1. The molecular weight excluding hydrogens is 372 g/mol. The van der Waals surface area contributed by atoms with Gasteiger partial charge in [-0.3, -0.25) is 4.99 Å². The first-order valence-corrected chi connectivity index (χ1v) is 11.1. The van der Waals surface area contributed by atoms with Gasteiger partial charge in [-0.05, 0) is 61.6 Å². The van der Waals surface area contributed by atoms with Crippen LogP contribution in [0, 0.1) is 13.8 Å². The molecule has 0 saturated carbocycles. The van der Waals surface area contributed by atoms with Crippen molar-refractivity contribution in [3.8, 4) is 0 Å². The van der Waals surface area contributed by atoms with Crippen LogP contribution in [0.25, 0.3) is 0 Å². The zero-order valence-electron chi connectivity index (χ0n) is 18.6. The number of hydrogen-bond donors (Lipinski definition) is 1. The number of aliphatic imine (C=N–C) groups is 1. The van der Waals surface area contributed by atoms with Crippen molar-refractivity contribution >= 4 is 17.5 Å². The first-order valence-electron chi connectivity index (χ1n) is 11.1. The summed E-state index contributed by atoms with van der Waals surface area (Å²) < 4.78 is 0. The van der Waals surface area contributed by atoms with Crippen LogP contribution < -0.4 is 15.1 Å². The average Bonchev–Trinajstić information content (AvgIpc) is 3.32. The summed E-state index contributed by atoms with van der Waals surface area (Å²) in [6, 6.07) is 10.9. The van der Waals surface area contributed by atoms with Crippen LogP contribution in [0.15, 0.2) is 41.5 Å². The van der Waals surface area contributed by atoms with Gasteiger partial charge in [0.25, 0.3) is 0 Å². The zero-order valence-corrected chi connectivity index (χ0v) is 18.6. The number of piperazine rings is 1.